The number of thioether (sulfide) groups is 1. The largest absolute Gasteiger partial charge is 0.389 e. The predicted molar refractivity (Wildman–Crippen MR) is 92.2 cm³/mol. The van der Waals surface area contributed by atoms with Crippen LogP contribution in [-0.2, 0) is 14.8 Å². The van der Waals surface area contributed by atoms with Crippen molar-refractivity contribution in [2.45, 2.75) is 27.9 Å². The zero-order chi connectivity index (χ0) is 16.5. The minimum atomic E-state index is -3.41. The van der Waals surface area contributed by atoms with E-state index in [0.717, 1.165) is 23.6 Å². The van der Waals surface area contributed by atoms with Crippen LogP contribution in [0, 0.1) is 0 Å². The van der Waals surface area contributed by atoms with Crippen molar-refractivity contribution in [2.75, 3.05) is 17.6 Å². The van der Waals surface area contributed by atoms with Crippen LogP contribution in [0.5, 0.6) is 0 Å². The molecule has 22 heavy (non-hydrogen) atoms. The van der Waals surface area contributed by atoms with Crippen LogP contribution < -0.4 is 4.72 Å². The summed E-state index contributed by atoms with van der Waals surface area (Å²) >= 11 is 10.9. The molecule has 0 bridgehead atoms. The van der Waals surface area contributed by atoms with Crippen LogP contribution in [0.2, 0.25) is 0 Å². The number of anilines is 1. The maximum absolute atomic E-state index is 11.7. The molecule has 1 fully saturated rings. The zero-order valence-electron chi connectivity index (χ0n) is 11.7. The summed E-state index contributed by atoms with van der Waals surface area (Å²) in [4.78, 5) is 12.3. The highest BCUT2D eigenvalue weighted by atomic mass is 79.9. The van der Waals surface area contributed by atoms with Gasteiger partial charge in [-0.15, -0.1) is 23.4 Å². The van der Waals surface area contributed by atoms with Gasteiger partial charge in [0.25, 0.3) is 0 Å². The van der Waals surface area contributed by atoms with Gasteiger partial charge in [0.1, 0.15) is 12.0 Å². The maximum atomic E-state index is 11.7. The Hall–Kier alpha value is -0.280. The second kappa shape index (κ2) is 6.68. The van der Waals surface area contributed by atoms with Crippen molar-refractivity contribution < 1.29 is 18.3 Å². The molecule has 1 atom stereocenters. The van der Waals surface area contributed by atoms with E-state index >= 15 is 0 Å². The lowest BCUT2D eigenvalue weighted by Gasteiger charge is -2.21. The van der Waals surface area contributed by atoms with E-state index in [1.807, 2.05) is 0 Å². The normalized spacial score (nSPS) is 17.8. The van der Waals surface area contributed by atoms with E-state index in [0.29, 0.717) is 10.6 Å². The Morgan fingerprint density at radius 1 is 1.55 bits per heavy atom. The van der Waals surface area contributed by atoms with E-state index in [-0.39, 0.29) is 0 Å². The van der Waals surface area contributed by atoms with E-state index in [1.54, 1.807) is 18.2 Å². The van der Waals surface area contributed by atoms with Crippen molar-refractivity contribution >= 4 is 60.8 Å². The molecule has 1 aromatic rings. The molecule has 1 aromatic carbocycles. The Labute approximate surface area is 147 Å². The van der Waals surface area contributed by atoms with Crippen molar-refractivity contribution in [3.8, 4) is 0 Å². The molecule has 1 aliphatic rings. The van der Waals surface area contributed by atoms with Crippen LogP contribution in [0.4, 0.5) is 5.69 Å². The first-order valence-electron chi connectivity index (χ1n) is 6.41. The molecular weight excluding hydrogens is 414 g/mol. The summed E-state index contributed by atoms with van der Waals surface area (Å²) in [7, 11) is -3.41. The first kappa shape index (κ1) is 18.1. The number of aliphatic hydroxyl groups excluding tert-OH is 1. The van der Waals surface area contributed by atoms with Gasteiger partial charge in [-0.25, -0.2) is 8.42 Å². The van der Waals surface area contributed by atoms with Gasteiger partial charge in [0.05, 0.1) is 11.9 Å². The number of sulfonamides is 1. The number of carbonyl (C=O) groups excluding carboxylic acids is 1. The number of alkyl halides is 1. The number of halogens is 2. The lowest BCUT2D eigenvalue weighted by Crippen LogP contribution is -2.30. The molecule has 0 spiro atoms. The number of carbonyl (C=O) groups is 1. The molecule has 0 amide bonds. The SMILES string of the molecule is CS(=O)(=O)Nc1ccc(Br)cc1SC1(C(Cl)C(=O)CO)CC1. The molecule has 0 aromatic heterocycles. The fraction of sp³-hybridized carbons (Fsp3) is 0.462. The molecule has 1 saturated carbocycles. The highest BCUT2D eigenvalue weighted by Gasteiger charge is 2.52. The monoisotopic (exact) mass is 427 g/mol. The fourth-order valence-electron chi connectivity index (χ4n) is 1.99. The molecule has 0 saturated heterocycles. The third-order valence-corrected chi connectivity index (χ3v) is 6.68. The predicted octanol–water partition coefficient (Wildman–Crippen LogP) is 2.61. The number of aliphatic hydroxyl groups is 1. The van der Waals surface area contributed by atoms with Gasteiger partial charge in [0, 0.05) is 14.1 Å². The summed E-state index contributed by atoms with van der Waals surface area (Å²) < 4.78 is 25.7. The van der Waals surface area contributed by atoms with Gasteiger partial charge >= 0.3 is 0 Å². The average molecular weight is 429 g/mol. The highest BCUT2D eigenvalue weighted by Crippen LogP contribution is 2.57. The van der Waals surface area contributed by atoms with Gasteiger partial charge in [-0.05, 0) is 31.0 Å². The Kier molecular flexibility index (Phi) is 5.49. The van der Waals surface area contributed by atoms with Crippen LogP contribution in [0.1, 0.15) is 12.8 Å². The second-order valence-electron chi connectivity index (χ2n) is 5.17. The minimum Gasteiger partial charge on any atom is -0.389 e. The lowest BCUT2D eigenvalue weighted by atomic mass is 10.2. The van der Waals surface area contributed by atoms with Gasteiger partial charge in [-0.3, -0.25) is 9.52 Å². The van der Waals surface area contributed by atoms with Gasteiger partial charge in [-0.1, -0.05) is 15.9 Å². The first-order chi connectivity index (χ1) is 10.2. The molecular formula is C13H15BrClNO4S2. The van der Waals surface area contributed by atoms with Crippen molar-refractivity contribution in [1.29, 1.82) is 0 Å². The Balaban J connectivity index is 2.29. The molecule has 122 valence electrons. The van der Waals surface area contributed by atoms with Crippen molar-refractivity contribution in [2.24, 2.45) is 0 Å². The van der Waals surface area contributed by atoms with Crippen LogP contribution in [0.25, 0.3) is 0 Å². The smallest absolute Gasteiger partial charge is 0.229 e. The molecule has 0 radical (unpaired) electrons. The van der Waals surface area contributed by atoms with E-state index in [1.165, 1.54) is 11.8 Å². The quantitative estimate of drug-likeness (QED) is 0.652. The van der Waals surface area contributed by atoms with Crippen LogP contribution >= 0.6 is 39.3 Å². The minimum absolute atomic E-state index is 0.417. The zero-order valence-corrected chi connectivity index (χ0v) is 15.7. The molecule has 0 heterocycles. The van der Waals surface area contributed by atoms with E-state index < -0.39 is 32.5 Å². The molecule has 0 aliphatic heterocycles. The number of hydrogen-bond acceptors (Lipinski definition) is 5. The van der Waals surface area contributed by atoms with Crippen LogP contribution in [0.3, 0.4) is 0 Å². The fourth-order valence-corrected chi connectivity index (χ4v) is 4.96. The van der Waals surface area contributed by atoms with E-state index in [2.05, 4.69) is 20.7 Å². The molecule has 5 nitrogen and oxygen atoms in total. The molecule has 2 N–H and O–H groups in total. The third kappa shape index (κ3) is 4.38. The van der Waals surface area contributed by atoms with Crippen LogP contribution in [0.15, 0.2) is 27.6 Å². The van der Waals surface area contributed by atoms with E-state index in [9.17, 15) is 13.2 Å². The van der Waals surface area contributed by atoms with Crippen molar-refractivity contribution in [3.63, 3.8) is 0 Å². The number of hydrogen-bond donors (Lipinski definition) is 2. The van der Waals surface area contributed by atoms with Crippen LogP contribution in [-0.4, -0.2) is 42.3 Å². The van der Waals surface area contributed by atoms with Crippen molar-refractivity contribution in [3.05, 3.63) is 22.7 Å². The number of ketones is 1. The van der Waals surface area contributed by atoms with Crippen molar-refractivity contribution in [1.82, 2.24) is 0 Å². The number of nitrogens with one attached hydrogen (secondary N) is 1. The summed E-state index contributed by atoms with van der Waals surface area (Å²) in [6, 6.07) is 5.17. The average Bonchev–Trinajstić information content (AvgIpc) is 3.19. The molecule has 1 aliphatic carbocycles. The summed E-state index contributed by atoms with van der Waals surface area (Å²) in [5.41, 5.74) is 0.447. The van der Waals surface area contributed by atoms with Gasteiger partial charge in [0.15, 0.2) is 5.78 Å². The summed E-state index contributed by atoms with van der Waals surface area (Å²) in [6.07, 6.45) is 2.56. The Bertz CT molecular complexity index is 691. The lowest BCUT2D eigenvalue weighted by molar-refractivity contribution is -0.121. The Morgan fingerprint density at radius 3 is 2.68 bits per heavy atom. The number of benzene rings is 1. The number of rotatable bonds is 7. The summed E-state index contributed by atoms with van der Waals surface area (Å²) in [5.74, 6) is -0.417. The molecule has 9 heteroatoms. The summed E-state index contributed by atoms with van der Waals surface area (Å²) in [5, 5.41) is 8.17. The number of Topliss-reactive ketones (excluding diaryl/α,β-unsaturated/α-hetero) is 1. The maximum Gasteiger partial charge on any atom is 0.229 e. The van der Waals surface area contributed by atoms with E-state index in [4.69, 9.17) is 16.7 Å². The topological polar surface area (TPSA) is 83.5 Å². The summed E-state index contributed by atoms with van der Waals surface area (Å²) in [6.45, 7) is -0.594. The Morgan fingerprint density at radius 2 is 2.18 bits per heavy atom. The molecule has 1 unspecified atom stereocenters. The first-order valence-corrected chi connectivity index (χ1v) is 10.3. The van der Waals surface area contributed by atoms with Gasteiger partial charge in [0.2, 0.25) is 10.0 Å². The third-order valence-electron chi connectivity index (χ3n) is 3.20. The second-order valence-corrected chi connectivity index (χ2v) is 9.73. The molecule has 2 rings (SSSR count). The van der Waals surface area contributed by atoms with Gasteiger partial charge in [-0.2, -0.15) is 0 Å². The van der Waals surface area contributed by atoms with Gasteiger partial charge < -0.3 is 5.11 Å². The standard InChI is InChI=1S/C13H15BrClNO4S2/c1-22(19,20)16-9-3-2-8(14)6-11(9)21-13(4-5-13)12(15)10(18)7-17/h2-3,6,12,16-17H,4-5,7H2,1H3. The highest BCUT2D eigenvalue weighted by molar-refractivity contribution is 9.10.